The van der Waals surface area contributed by atoms with Crippen LogP contribution in [-0.4, -0.2) is 10.8 Å². The highest BCUT2D eigenvalue weighted by molar-refractivity contribution is 6.32. The van der Waals surface area contributed by atoms with Gasteiger partial charge in [0.25, 0.3) is 11.6 Å². The van der Waals surface area contributed by atoms with E-state index in [1.807, 2.05) is 0 Å². The molecule has 0 aliphatic rings. The fourth-order valence-corrected chi connectivity index (χ4v) is 2.57. The summed E-state index contributed by atoms with van der Waals surface area (Å²) in [6, 6.07) is 10.8. The molecule has 1 heterocycles. The van der Waals surface area contributed by atoms with Crippen LogP contribution in [0, 0.1) is 10.1 Å². The molecule has 6 nitrogen and oxygen atoms in total. The number of carbonyl (C=O) groups is 1. The first-order chi connectivity index (χ1) is 13.1. The Kier molecular flexibility index (Phi) is 5.10. The zero-order chi connectivity index (χ0) is 20.5. The number of carbonyl (C=O) groups excluding carboxylic acids is 1. The van der Waals surface area contributed by atoms with E-state index in [1.165, 1.54) is 42.5 Å². The third-order valence-corrected chi connectivity index (χ3v) is 4.02. The van der Waals surface area contributed by atoms with Crippen LogP contribution in [0.15, 0.2) is 59.0 Å². The number of nitro groups is 1. The monoisotopic (exact) mass is 410 g/mol. The summed E-state index contributed by atoms with van der Waals surface area (Å²) in [5.41, 5.74) is -0.974. The standard InChI is InChI=1S/C18H10ClF3N2O4/c19-13-5-4-10(8-14(13)24(26)27)15-6-7-16(28-15)17(25)23-12-3-1-2-11(9-12)18(20,21)22/h1-9H,(H,23,25). The predicted octanol–water partition coefficient (Wildman–Crippen LogP) is 5.78. The fourth-order valence-electron chi connectivity index (χ4n) is 2.39. The number of nitrogens with one attached hydrogen (secondary N) is 1. The summed E-state index contributed by atoms with van der Waals surface area (Å²) in [7, 11) is 0. The Morgan fingerprint density at radius 2 is 1.86 bits per heavy atom. The van der Waals surface area contributed by atoms with Gasteiger partial charge in [-0.25, -0.2) is 0 Å². The van der Waals surface area contributed by atoms with Gasteiger partial charge in [-0.15, -0.1) is 0 Å². The molecule has 3 aromatic rings. The van der Waals surface area contributed by atoms with E-state index in [2.05, 4.69) is 5.32 Å². The van der Waals surface area contributed by atoms with E-state index in [0.717, 1.165) is 12.1 Å². The lowest BCUT2D eigenvalue weighted by atomic mass is 10.1. The highest BCUT2D eigenvalue weighted by atomic mass is 35.5. The van der Waals surface area contributed by atoms with Crippen LogP contribution in [0.5, 0.6) is 0 Å². The third-order valence-electron chi connectivity index (χ3n) is 3.70. The Morgan fingerprint density at radius 1 is 1.11 bits per heavy atom. The molecule has 144 valence electrons. The lowest BCUT2D eigenvalue weighted by molar-refractivity contribution is -0.384. The molecule has 0 radical (unpaired) electrons. The summed E-state index contributed by atoms with van der Waals surface area (Å²) in [5, 5.41) is 13.2. The summed E-state index contributed by atoms with van der Waals surface area (Å²) in [4.78, 5) is 22.5. The second-order valence-corrected chi connectivity index (χ2v) is 6.03. The number of halogens is 4. The zero-order valence-electron chi connectivity index (χ0n) is 13.8. The Balaban J connectivity index is 1.82. The van der Waals surface area contributed by atoms with Gasteiger partial charge in [0.05, 0.1) is 10.5 Å². The SMILES string of the molecule is O=C(Nc1cccc(C(F)(F)F)c1)c1ccc(-c2ccc(Cl)c([N+](=O)[O-])c2)o1. The molecule has 2 aromatic carbocycles. The van der Waals surface area contributed by atoms with Crippen LogP contribution >= 0.6 is 11.6 Å². The van der Waals surface area contributed by atoms with E-state index in [-0.39, 0.29) is 27.9 Å². The molecule has 10 heteroatoms. The highest BCUT2D eigenvalue weighted by Gasteiger charge is 2.30. The van der Waals surface area contributed by atoms with E-state index in [4.69, 9.17) is 16.0 Å². The molecule has 0 spiro atoms. The molecule has 3 rings (SSSR count). The molecule has 0 aliphatic heterocycles. The van der Waals surface area contributed by atoms with Crippen LogP contribution in [0.25, 0.3) is 11.3 Å². The lowest BCUT2D eigenvalue weighted by Gasteiger charge is -2.09. The molecule has 0 atom stereocenters. The van der Waals surface area contributed by atoms with Crippen molar-refractivity contribution in [1.82, 2.24) is 0 Å². The molecular formula is C18H10ClF3N2O4. The molecule has 0 aliphatic carbocycles. The molecule has 0 unspecified atom stereocenters. The van der Waals surface area contributed by atoms with Crippen molar-refractivity contribution in [2.24, 2.45) is 0 Å². The molecular weight excluding hydrogens is 401 g/mol. The Bertz CT molecular complexity index is 1060. The highest BCUT2D eigenvalue weighted by Crippen LogP contribution is 2.32. The maximum absolute atomic E-state index is 12.7. The fraction of sp³-hybridized carbons (Fsp3) is 0.0556. The number of hydrogen-bond acceptors (Lipinski definition) is 4. The minimum absolute atomic E-state index is 0.0529. The average molecular weight is 411 g/mol. The van der Waals surface area contributed by atoms with Crippen molar-refractivity contribution in [3.8, 4) is 11.3 Å². The molecule has 1 N–H and O–H groups in total. The minimum atomic E-state index is -4.54. The van der Waals surface area contributed by atoms with Gasteiger partial charge in [-0.05, 0) is 42.5 Å². The van der Waals surface area contributed by atoms with Gasteiger partial charge in [-0.3, -0.25) is 14.9 Å². The maximum atomic E-state index is 12.7. The molecule has 0 saturated heterocycles. The van der Waals surface area contributed by atoms with Crippen molar-refractivity contribution < 1.29 is 27.3 Å². The molecule has 0 fully saturated rings. The van der Waals surface area contributed by atoms with E-state index in [0.29, 0.717) is 5.56 Å². The summed E-state index contributed by atoms with van der Waals surface area (Å²) in [6.07, 6.45) is -4.54. The van der Waals surface area contributed by atoms with Crippen molar-refractivity contribution in [2.75, 3.05) is 5.32 Å². The second kappa shape index (κ2) is 7.35. The number of amides is 1. The molecule has 1 amide bonds. The van der Waals surface area contributed by atoms with Gasteiger partial charge in [0.1, 0.15) is 10.8 Å². The van der Waals surface area contributed by atoms with Crippen LogP contribution in [-0.2, 0) is 6.18 Å². The van der Waals surface area contributed by atoms with E-state index in [1.54, 1.807) is 0 Å². The Labute approximate surface area is 160 Å². The smallest absolute Gasteiger partial charge is 0.416 e. The van der Waals surface area contributed by atoms with Crippen LogP contribution in [0.4, 0.5) is 24.5 Å². The second-order valence-electron chi connectivity index (χ2n) is 5.62. The van der Waals surface area contributed by atoms with E-state index >= 15 is 0 Å². The van der Waals surface area contributed by atoms with E-state index < -0.39 is 22.6 Å². The number of nitro benzene ring substituents is 1. The van der Waals surface area contributed by atoms with Gasteiger partial charge >= 0.3 is 6.18 Å². The molecule has 0 saturated carbocycles. The normalized spacial score (nSPS) is 11.3. The van der Waals surface area contributed by atoms with Crippen molar-refractivity contribution >= 4 is 28.9 Å². The van der Waals surface area contributed by atoms with Gasteiger partial charge in [-0.1, -0.05) is 17.7 Å². The number of nitrogens with zero attached hydrogens (tertiary/aromatic N) is 1. The van der Waals surface area contributed by atoms with Crippen molar-refractivity contribution in [1.29, 1.82) is 0 Å². The number of anilines is 1. The van der Waals surface area contributed by atoms with E-state index in [9.17, 15) is 28.1 Å². The summed E-state index contributed by atoms with van der Waals surface area (Å²) < 4.78 is 43.6. The number of benzene rings is 2. The maximum Gasteiger partial charge on any atom is 0.416 e. The van der Waals surface area contributed by atoms with Crippen molar-refractivity contribution in [2.45, 2.75) is 6.18 Å². The first-order valence-corrected chi connectivity index (χ1v) is 8.06. The van der Waals surface area contributed by atoms with Gasteiger partial charge in [0.15, 0.2) is 5.76 Å². The predicted molar refractivity (Wildman–Crippen MR) is 95.2 cm³/mol. The van der Waals surface area contributed by atoms with Crippen molar-refractivity contribution in [3.05, 3.63) is 81.1 Å². The van der Waals surface area contributed by atoms with Crippen LogP contribution in [0.1, 0.15) is 16.1 Å². The van der Waals surface area contributed by atoms with Gasteiger partial charge in [0, 0.05) is 17.3 Å². The average Bonchev–Trinajstić information content (AvgIpc) is 3.11. The van der Waals surface area contributed by atoms with Crippen molar-refractivity contribution in [3.63, 3.8) is 0 Å². The van der Waals surface area contributed by atoms with Crippen LogP contribution in [0.3, 0.4) is 0 Å². The number of hydrogen-bond donors (Lipinski definition) is 1. The summed E-state index contributed by atoms with van der Waals surface area (Å²) in [5.74, 6) is -0.784. The number of furan rings is 1. The number of alkyl halides is 3. The van der Waals surface area contributed by atoms with Gasteiger partial charge in [0.2, 0.25) is 0 Å². The zero-order valence-corrected chi connectivity index (χ0v) is 14.5. The minimum Gasteiger partial charge on any atom is -0.451 e. The summed E-state index contributed by atoms with van der Waals surface area (Å²) >= 11 is 5.75. The number of rotatable bonds is 4. The topological polar surface area (TPSA) is 85.4 Å². The first-order valence-electron chi connectivity index (χ1n) is 7.68. The summed E-state index contributed by atoms with van der Waals surface area (Å²) in [6.45, 7) is 0. The van der Waals surface area contributed by atoms with Gasteiger partial charge < -0.3 is 9.73 Å². The molecule has 0 bridgehead atoms. The Hall–Kier alpha value is -3.33. The lowest BCUT2D eigenvalue weighted by Crippen LogP contribution is -2.12. The molecule has 1 aromatic heterocycles. The van der Waals surface area contributed by atoms with Crippen LogP contribution < -0.4 is 5.32 Å². The van der Waals surface area contributed by atoms with Gasteiger partial charge in [-0.2, -0.15) is 13.2 Å². The Morgan fingerprint density at radius 3 is 2.54 bits per heavy atom. The quantitative estimate of drug-likeness (QED) is 0.436. The molecule has 28 heavy (non-hydrogen) atoms. The third kappa shape index (κ3) is 4.15. The largest absolute Gasteiger partial charge is 0.451 e. The van der Waals surface area contributed by atoms with Crippen LogP contribution in [0.2, 0.25) is 5.02 Å². The first kappa shape index (κ1) is 19.4.